The smallest absolute Gasteiger partial charge is 0.257 e. The van der Waals surface area contributed by atoms with Gasteiger partial charge in [0.1, 0.15) is 12.4 Å². The summed E-state index contributed by atoms with van der Waals surface area (Å²) in [4.78, 5) is 33.7. The maximum Gasteiger partial charge on any atom is 0.257 e. The van der Waals surface area contributed by atoms with Gasteiger partial charge >= 0.3 is 0 Å². The number of carbonyl (C=O) groups is 2. The first kappa shape index (κ1) is 23.4. The number of amides is 2. The number of benzene rings is 2. The topological polar surface area (TPSA) is 86.8 Å². The van der Waals surface area contributed by atoms with Crippen LogP contribution in [0.1, 0.15) is 20.7 Å². The van der Waals surface area contributed by atoms with Gasteiger partial charge < -0.3 is 20.3 Å². The van der Waals surface area contributed by atoms with Crippen molar-refractivity contribution in [1.82, 2.24) is 14.8 Å². The highest BCUT2D eigenvalue weighted by Crippen LogP contribution is 2.18. The van der Waals surface area contributed by atoms with E-state index in [9.17, 15) is 9.59 Å². The van der Waals surface area contributed by atoms with Crippen LogP contribution < -0.4 is 15.4 Å². The molecule has 4 rings (SSSR count). The van der Waals surface area contributed by atoms with Gasteiger partial charge in [0, 0.05) is 62.1 Å². The molecule has 1 saturated heterocycles. The third-order valence-electron chi connectivity index (χ3n) is 5.69. The summed E-state index contributed by atoms with van der Waals surface area (Å²) in [6.45, 7) is 5.85. The number of anilines is 2. The van der Waals surface area contributed by atoms with Crippen LogP contribution in [0.4, 0.5) is 11.4 Å². The third-order valence-corrected chi connectivity index (χ3v) is 5.69. The molecule has 1 fully saturated rings. The zero-order valence-electron chi connectivity index (χ0n) is 19.2. The van der Waals surface area contributed by atoms with Crippen LogP contribution >= 0.6 is 0 Å². The molecule has 2 aromatic carbocycles. The predicted molar refractivity (Wildman–Crippen MR) is 132 cm³/mol. The standard InChI is InChI=1S/C26H29N5O3/c1-30-12-14-31(15-13-30)16-17-34-24-9-7-22(8-10-24)28-25(32)20-4-2-6-23(18-20)29-26(33)21-5-3-11-27-19-21/h2-11,18-19H,12-17H2,1H3,(H,28,32)(H,29,33). The van der Waals surface area contributed by atoms with Crippen molar-refractivity contribution in [2.24, 2.45) is 0 Å². The second kappa shape index (κ2) is 11.4. The van der Waals surface area contributed by atoms with Gasteiger partial charge in [-0.1, -0.05) is 6.07 Å². The Kier molecular flexibility index (Phi) is 7.85. The number of aromatic nitrogens is 1. The molecule has 0 bridgehead atoms. The van der Waals surface area contributed by atoms with Crippen molar-refractivity contribution in [2.75, 3.05) is 57.0 Å². The normalized spacial score (nSPS) is 14.4. The Morgan fingerprint density at radius 2 is 1.59 bits per heavy atom. The minimum absolute atomic E-state index is 0.263. The van der Waals surface area contributed by atoms with Crippen molar-refractivity contribution >= 4 is 23.2 Å². The minimum atomic E-state index is -0.283. The van der Waals surface area contributed by atoms with Crippen LogP contribution in [0.5, 0.6) is 5.75 Å². The molecular formula is C26H29N5O3. The van der Waals surface area contributed by atoms with Crippen molar-refractivity contribution < 1.29 is 14.3 Å². The molecule has 0 radical (unpaired) electrons. The van der Waals surface area contributed by atoms with Crippen LogP contribution in [0.2, 0.25) is 0 Å². The van der Waals surface area contributed by atoms with Crippen LogP contribution in [0, 0.1) is 0 Å². The minimum Gasteiger partial charge on any atom is -0.492 e. The van der Waals surface area contributed by atoms with E-state index in [4.69, 9.17) is 4.74 Å². The number of likely N-dealkylation sites (N-methyl/N-ethyl adjacent to an activating group) is 1. The van der Waals surface area contributed by atoms with E-state index in [1.807, 2.05) is 24.3 Å². The van der Waals surface area contributed by atoms with Gasteiger partial charge in [-0.2, -0.15) is 0 Å². The molecule has 8 heteroatoms. The van der Waals surface area contributed by atoms with Gasteiger partial charge in [-0.25, -0.2) is 0 Å². The third kappa shape index (κ3) is 6.63. The number of nitrogens with zero attached hydrogens (tertiary/aromatic N) is 3. The first-order valence-electron chi connectivity index (χ1n) is 11.3. The largest absolute Gasteiger partial charge is 0.492 e. The lowest BCUT2D eigenvalue weighted by Gasteiger charge is -2.32. The molecule has 0 spiro atoms. The molecule has 1 aliphatic rings. The Morgan fingerprint density at radius 1 is 0.882 bits per heavy atom. The predicted octanol–water partition coefficient (Wildman–Crippen LogP) is 3.21. The summed E-state index contributed by atoms with van der Waals surface area (Å²) in [5.74, 6) is 0.224. The van der Waals surface area contributed by atoms with Crippen LogP contribution in [0.25, 0.3) is 0 Å². The van der Waals surface area contributed by atoms with E-state index in [1.165, 1.54) is 6.20 Å². The van der Waals surface area contributed by atoms with E-state index in [2.05, 4.69) is 32.5 Å². The second-order valence-corrected chi connectivity index (χ2v) is 8.25. The molecular weight excluding hydrogens is 430 g/mol. The van der Waals surface area contributed by atoms with Crippen LogP contribution in [0.15, 0.2) is 73.1 Å². The summed E-state index contributed by atoms with van der Waals surface area (Å²) in [6, 6.07) is 17.5. The summed E-state index contributed by atoms with van der Waals surface area (Å²) in [5, 5.41) is 5.67. The fraction of sp³-hybridized carbons (Fsp3) is 0.269. The van der Waals surface area contributed by atoms with Gasteiger partial charge in [0.2, 0.25) is 0 Å². The van der Waals surface area contributed by atoms with Crippen LogP contribution in [0.3, 0.4) is 0 Å². The summed E-state index contributed by atoms with van der Waals surface area (Å²) in [6.07, 6.45) is 3.10. The zero-order valence-corrected chi connectivity index (χ0v) is 19.2. The molecule has 2 amide bonds. The maximum atomic E-state index is 12.7. The summed E-state index contributed by atoms with van der Waals surface area (Å²) >= 11 is 0. The monoisotopic (exact) mass is 459 g/mol. The van der Waals surface area contributed by atoms with E-state index in [-0.39, 0.29) is 11.8 Å². The van der Waals surface area contributed by atoms with Crippen molar-refractivity contribution in [1.29, 1.82) is 0 Å². The van der Waals surface area contributed by atoms with Gasteiger partial charge in [0.05, 0.1) is 5.56 Å². The van der Waals surface area contributed by atoms with Crippen LogP contribution in [-0.2, 0) is 0 Å². The molecule has 8 nitrogen and oxygen atoms in total. The highest BCUT2D eigenvalue weighted by atomic mass is 16.5. The van der Waals surface area contributed by atoms with Crippen molar-refractivity contribution in [3.8, 4) is 5.75 Å². The number of nitrogens with one attached hydrogen (secondary N) is 2. The first-order chi connectivity index (χ1) is 16.6. The summed E-state index contributed by atoms with van der Waals surface area (Å²) in [7, 11) is 2.15. The van der Waals surface area contributed by atoms with Crippen molar-refractivity contribution in [3.05, 3.63) is 84.2 Å². The Balaban J connectivity index is 1.27. The van der Waals surface area contributed by atoms with E-state index in [1.54, 1.807) is 42.6 Å². The van der Waals surface area contributed by atoms with E-state index >= 15 is 0 Å². The zero-order chi connectivity index (χ0) is 23.8. The number of hydrogen-bond acceptors (Lipinski definition) is 6. The molecule has 1 aliphatic heterocycles. The Bertz CT molecular complexity index is 1100. The lowest BCUT2D eigenvalue weighted by Crippen LogP contribution is -2.45. The van der Waals surface area contributed by atoms with Gasteiger partial charge in [-0.3, -0.25) is 19.5 Å². The average molecular weight is 460 g/mol. The Morgan fingerprint density at radius 3 is 2.32 bits per heavy atom. The molecule has 3 aromatic rings. The number of hydrogen-bond donors (Lipinski definition) is 2. The fourth-order valence-corrected chi connectivity index (χ4v) is 3.64. The highest BCUT2D eigenvalue weighted by molar-refractivity contribution is 6.07. The lowest BCUT2D eigenvalue weighted by atomic mass is 10.1. The number of ether oxygens (including phenoxy) is 1. The fourth-order valence-electron chi connectivity index (χ4n) is 3.64. The average Bonchev–Trinajstić information content (AvgIpc) is 2.87. The molecule has 176 valence electrons. The maximum absolute atomic E-state index is 12.7. The lowest BCUT2D eigenvalue weighted by molar-refractivity contribution is 0.101. The number of rotatable bonds is 8. The first-order valence-corrected chi connectivity index (χ1v) is 11.3. The summed E-state index contributed by atoms with van der Waals surface area (Å²) in [5.41, 5.74) is 2.09. The quantitative estimate of drug-likeness (QED) is 0.538. The number of pyridine rings is 1. The molecule has 0 saturated carbocycles. The van der Waals surface area contributed by atoms with Gasteiger partial charge in [0.15, 0.2) is 0 Å². The van der Waals surface area contributed by atoms with E-state index < -0.39 is 0 Å². The van der Waals surface area contributed by atoms with E-state index in [0.29, 0.717) is 29.1 Å². The second-order valence-electron chi connectivity index (χ2n) is 8.25. The van der Waals surface area contributed by atoms with Crippen LogP contribution in [-0.4, -0.2) is 73.0 Å². The number of piperazine rings is 1. The molecule has 2 heterocycles. The SMILES string of the molecule is CN1CCN(CCOc2ccc(NC(=O)c3cccc(NC(=O)c4cccnc4)c3)cc2)CC1. The molecule has 0 atom stereocenters. The van der Waals surface area contributed by atoms with Gasteiger partial charge in [-0.15, -0.1) is 0 Å². The van der Waals surface area contributed by atoms with Gasteiger partial charge in [0.25, 0.3) is 11.8 Å². The van der Waals surface area contributed by atoms with E-state index in [0.717, 1.165) is 38.5 Å². The molecule has 0 aliphatic carbocycles. The highest BCUT2D eigenvalue weighted by Gasteiger charge is 2.13. The Labute approximate surface area is 199 Å². The molecule has 2 N–H and O–H groups in total. The molecule has 1 aromatic heterocycles. The van der Waals surface area contributed by atoms with Crippen molar-refractivity contribution in [2.45, 2.75) is 0 Å². The Hall–Kier alpha value is -3.75. The summed E-state index contributed by atoms with van der Waals surface area (Å²) < 4.78 is 5.86. The van der Waals surface area contributed by atoms with Crippen molar-refractivity contribution in [3.63, 3.8) is 0 Å². The molecule has 34 heavy (non-hydrogen) atoms. The number of carbonyl (C=O) groups excluding carboxylic acids is 2. The van der Waals surface area contributed by atoms with Gasteiger partial charge in [-0.05, 0) is 61.6 Å². The molecule has 0 unspecified atom stereocenters.